The van der Waals surface area contributed by atoms with Crippen molar-refractivity contribution in [2.75, 3.05) is 19.6 Å². The van der Waals surface area contributed by atoms with Gasteiger partial charge in [0.1, 0.15) is 5.75 Å². The molecule has 1 aromatic heterocycles. The number of pyridine rings is 1. The molecule has 0 atom stereocenters. The summed E-state index contributed by atoms with van der Waals surface area (Å²) in [6.45, 7) is 6.89. The Morgan fingerprint density at radius 2 is 2.00 bits per heavy atom. The number of carbonyl (C=O) groups is 2. The first-order valence-corrected chi connectivity index (χ1v) is 6.53. The number of nitrogens with zero attached hydrogens (tertiary/aromatic N) is 3. The lowest BCUT2D eigenvalue weighted by atomic mass is 9.97. The topological polar surface area (TPSA) is 73.7 Å². The van der Waals surface area contributed by atoms with Crippen molar-refractivity contribution >= 4 is 11.8 Å². The molecular weight excluding hydrogens is 258 g/mol. The fourth-order valence-electron chi connectivity index (χ4n) is 2.50. The van der Waals surface area contributed by atoms with E-state index in [0.29, 0.717) is 25.2 Å². The standard InChI is InChI=1S/C14H19N3O3/c1-10(18)16-4-5-17(14(2,3)9-16)13(20)11-6-12(19)8-15-7-11/h6-8,19H,4-5,9H2,1-3H3. The summed E-state index contributed by atoms with van der Waals surface area (Å²) in [7, 11) is 0. The van der Waals surface area contributed by atoms with Crippen LogP contribution < -0.4 is 0 Å². The van der Waals surface area contributed by atoms with Crippen LogP contribution in [0.25, 0.3) is 0 Å². The highest BCUT2D eigenvalue weighted by molar-refractivity contribution is 5.95. The van der Waals surface area contributed by atoms with Gasteiger partial charge in [-0.3, -0.25) is 14.6 Å². The Labute approximate surface area is 118 Å². The highest BCUT2D eigenvalue weighted by Crippen LogP contribution is 2.24. The van der Waals surface area contributed by atoms with Crippen LogP contribution in [0.2, 0.25) is 0 Å². The van der Waals surface area contributed by atoms with Gasteiger partial charge in [0.25, 0.3) is 5.91 Å². The number of rotatable bonds is 1. The van der Waals surface area contributed by atoms with E-state index in [0.717, 1.165) is 0 Å². The van der Waals surface area contributed by atoms with Crippen LogP contribution in [-0.4, -0.2) is 56.9 Å². The molecule has 20 heavy (non-hydrogen) atoms. The van der Waals surface area contributed by atoms with Gasteiger partial charge in [-0.15, -0.1) is 0 Å². The summed E-state index contributed by atoms with van der Waals surface area (Å²) in [5, 5.41) is 9.42. The number of piperazine rings is 1. The molecule has 1 aliphatic rings. The van der Waals surface area contributed by atoms with E-state index in [2.05, 4.69) is 4.98 Å². The molecule has 0 spiro atoms. The molecule has 0 unspecified atom stereocenters. The van der Waals surface area contributed by atoms with Crippen molar-refractivity contribution in [1.82, 2.24) is 14.8 Å². The van der Waals surface area contributed by atoms with E-state index in [1.165, 1.54) is 25.4 Å². The quantitative estimate of drug-likeness (QED) is 0.826. The second-order valence-corrected chi connectivity index (χ2v) is 5.64. The van der Waals surface area contributed by atoms with Gasteiger partial charge in [-0.05, 0) is 19.9 Å². The number of aromatic nitrogens is 1. The lowest BCUT2D eigenvalue weighted by Crippen LogP contribution is -2.61. The second-order valence-electron chi connectivity index (χ2n) is 5.64. The zero-order valence-electron chi connectivity index (χ0n) is 12.0. The van der Waals surface area contributed by atoms with Gasteiger partial charge in [0.05, 0.1) is 17.3 Å². The summed E-state index contributed by atoms with van der Waals surface area (Å²) in [5.41, 5.74) is -0.0960. The monoisotopic (exact) mass is 277 g/mol. The zero-order valence-corrected chi connectivity index (χ0v) is 12.0. The van der Waals surface area contributed by atoms with E-state index in [1.807, 2.05) is 13.8 Å². The smallest absolute Gasteiger partial charge is 0.256 e. The van der Waals surface area contributed by atoms with Gasteiger partial charge in [0.2, 0.25) is 5.91 Å². The molecule has 1 fully saturated rings. The molecule has 6 heteroatoms. The Bertz CT molecular complexity index is 542. The number of hydrogen-bond donors (Lipinski definition) is 1. The van der Waals surface area contributed by atoms with Gasteiger partial charge in [-0.1, -0.05) is 0 Å². The molecule has 0 saturated carbocycles. The maximum absolute atomic E-state index is 12.5. The molecule has 108 valence electrons. The van der Waals surface area contributed by atoms with Crippen molar-refractivity contribution in [2.45, 2.75) is 26.3 Å². The normalized spacial score (nSPS) is 17.9. The first-order valence-electron chi connectivity index (χ1n) is 6.53. The molecule has 2 amide bonds. The molecule has 1 saturated heterocycles. The number of hydrogen-bond acceptors (Lipinski definition) is 4. The van der Waals surface area contributed by atoms with Crippen LogP contribution >= 0.6 is 0 Å². The van der Waals surface area contributed by atoms with Crippen molar-refractivity contribution in [3.63, 3.8) is 0 Å². The Balaban J connectivity index is 2.21. The summed E-state index contributed by atoms with van der Waals surface area (Å²) < 4.78 is 0. The fraction of sp³-hybridized carbons (Fsp3) is 0.500. The Morgan fingerprint density at radius 1 is 1.30 bits per heavy atom. The van der Waals surface area contributed by atoms with Gasteiger partial charge in [0.15, 0.2) is 0 Å². The third kappa shape index (κ3) is 2.74. The highest BCUT2D eigenvalue weighted by atomic mass is 16.3. The van der Waals surface area contributed by atoms with Crippen LogP contribution in [0.3, 0.4) is 0 Å². The first-order chi connectivity index (χ1) is 9.31. The minimum Gasteiger partial charge on any atom is -0.506 e. The first kappa shape index (κ1) is 14.3. The minimum atomic E-state index is -0.452. The molecule has 2 heterocycles. The molecule has 0 aliphatic carbocycles. The number of aromatic hydroxyl groups is 1. The molecule has 1 aromatic rings. The van der Waals surface area contributed by atoms with E-state index in [1.54, 1.807) is 9.80 Å². The van der Waals surface area contributed by atoms with Crippen molar-refractivity contribution in [1.29, 1.82) is 0 Å². The summed E-state index contributed by atoms with van der Waals surface area (Å²) in [4.78, 5) is 31.3. The maximum atomic E-state index is 12.5. The summed E-state index contributed by atoms with van der Waals surface area (Å²) in [5.74, 6) is -0.193. The maximum Gasteiger partial charge on any atom is 0.256 e. The van der Waals surface area contributed by atoms with Crippen LogP contribution in [0.4, 0.5) is 0 Å². The van der Waals surface area contributed by atoms with Gasteiger partial charge in [-0.2, -0.15) is 0 Å². The van der Waals surface area contributed by atoms with E-state index in [9.17, 15) is 14.7 Å². The van der Waals surface area contributed by atoms with Crippen LogP contribution in [0.5, 0.6) is 5.75 Å². The third-order valence-electron chi connectivity index (χ3n) is 3.56. The van der Waals surface area contributed by atoms with Gasteiger partial charge in [0, 0.05) is 32.8 Å². The van der Waals surface area contributed by atoms with Gasteiger partial charge >= 0.3 is 0 Å². The highest BCUT2D eigenvalue weighted by Gasteiger charge is 2.37. The predicted octanol–water partition coefficient (Wildman–Crippen LogP) is 0.870. The molecule has 2 rings (SSSR count). The molecule has 0 radical (unpaired) electrons. The van der Waals surface area contributed by atoms with Crippen molar-refractivity contribution in [3.05, 3.63) is 24.0 Å². The van der Waals surface area contributed by atoms with E-state index in [4.69, 9.17) is 0 Å². The number of carbonyl (C=O) groups excluding carboxylic acids is 2. The van der Waals surface area contributed by atoms with E-state index in [-0.39, 0.29) is 17.6 Å². The van der Waals surface area contributed by atoms with Gasteiger partial charge in [-0.25, -0.2) is 0 Å². The predicted molar refractivity (Wildman–Crippen MR) is 73.3 cm³/mol. The SMILES string of the molecule is CC(=O)N1CCN(C(=O)c2cncc(O)c2)C(C)(C)C1. The van der Waals surface area contributed by atoms with Crippen LogP contribution in [0, 0.1) is 0 Å². The van der Waals surface area contributed by atoms with Crippen LogP contribution in [0.1, 0.15) is 31.1 Å². The fourth-order valence-corrected chi connectivity index (χ4v) is 2.50. The van der Waals surface area contributed by atoms with Crippen molar-refractivity contribution < 1.29 is 14.7 Å². The van der Waals surface area contributed by atoms with Gasteiger partial charge < -0.3 is 14.9 Å². The van der Waals surface area contributed by atoms with Crippen molar-refractivity contribution in [3.8, 4) is 5.75 Å². The average Bonchev–Trinajstić information content (AvgIpc) is 2.36. The van der Waals surface area contributed by atoms with E-state index < -0.39 is 5.54 Å². The molecular formula is C14H19N3O3. The molecule has 0 bridgehead atoms. The second kappa shape index (κ2) is 5.11. The summed E-state index contributed by atoms with van der Waals surface area (Å²) in [6.07, 6.45) is 2.73. The van der Waals surface area contributed by atoms with E-state index >= 15 is 0 Å². The molecule has 1 aliphatic heterocycles. The number of amides is 2. The average molecular weight is 277 g/mol. The lowest BCUT2D eigenvalue weighted by molar-refractivity contribution is -0.133. The molecule has 0 aromatic carbocycles. The Kier molecular flexibility index (Phi) is 3.65. The lowest BCUT2D eigenvalue weighted by Gasteiger charge is -2.46. The minimum absolute atomic E-state index is 0.0178. The van der Waals surface area contributed by atoms with Crippen LogP contribution in [0.15, 0.2) is 18.5 Å². The Morgan fingerprint density at radius 3 is 2.55 bits per heavy atom. The largest absolute Gasteiger partial charge is 0.506 e. The van der Waals surface area contributed by atoms with Crippen LogP contribution in [-0.2, 0) is 4.79 Å². The summed E-state index contributed by atoms with van der Waals surface area (Å²) in [6, 6.07) is 1.41. The summed E-state index contributed by atoms with van der Waals surface area (Å²) >= 11 is 0. The Hall–Kier alpha value is -2.11. The van der Waals surface area contributed by atoms with Crippen molar-refractivity contribution in [2.24, 2.45) is 0 Å². The molecule has 1 N–H and O–H groups in total. The zero-order chi connectivity index (χ0) is 14.9. The molecule has 6 nitrogen and oxygen atoms in total. The third-order valence-corrected chi connectivity index (χ3v) is 3.56.